The highest BCUT2D eigenvalue weighted by molar-refractivity contribution is 5.93. The van der Waals surface area contributed by atoms with Gasteiger partial charge in [-0.1, -0.05) is 0 Å². The molecule has 0 saturated heterocycles. The van der Waals surface area contributed by atoms with E-state index in [1.165, 1.54) is 0 Å². The highest BCUT2D eigenvalue weighted by Crippen LogP contribution is 2.10. The van der Waals surface area contributed by atoms with Gasteiger partial charge >= 0.3 is 5.97 Å². The van der Waals surface area contributed by atoms with Crippen molar-refractivity contribution in [2.24, 2.45) is 0 Å². The minimum Gasteiger partial charge on any atom is -0.462 e. The Morgan fingerprint density at radius 1 is 1.22 bits per heavy atom. The molecule has 0 unspecified atom stereocenters. The van der Waals surface area contributed by atoms with Crippen LogP contribution in [0, 0.1) is 0 Å². The Bertz CT molecular complexity index is 393. The Morgan fingerprint density at radius 3 is 2.33 bits per heavy atom. The summed E-state index contributed by atoms with van der Waals surface area (Å²) in [6, 6.07) is 6.57. The lowest BCUT2D eigenvalue weighted by molar-refractivity contribution is -0.115. The number of hydrogen-bond donors (Lipinski definition) is 2. The van der Waals surface area contributed by atoms with Crippen molar-refractivity contribution in [3.63, 3.8) is 0 Å². The summed E-state index contributed by atoms with van der Waals surface area (Å²) < 4.78 is 4.85. The first kappa shape index (κ1) is 16.4. The monoisotopic (exact) mass is 272 g/mol. The molecule has 1 aromatic rings. The first-order chi connectivity index (χ1) is 8.17. The van der Waals surface area contributed by atoms with Crippen LogP contribution in [0.25, 0.3) is 0 Å². The van der Waals surface area contributed by atoms with Gasteiger partial charge in [-0.05, 0) is 38.2 Å². The summed E-state index contributed by atoms with van der Waals surface area (Å²) in [6.07, 6.45) is 0. The Labute approximate surface area is 112 Å². The molecule has 0 saturated carbocycles. The summed E-state index contributed by atoms with van der Waals surface area (Å²) in [4.78, 5) is 22.6. The van der Waals surface area contributed by atoms with Gasteiger partial charge in [0.1, 0.15) is 0 Å². The van der Waals surface area contributed by atoms with Crippen LogP contribution in [0.15, 0.2) is 24.3 Å². The van der Waals surface area contributed by atoms with Gasteiger partial charge < -0.3 is 15.4 Å². The van der Waals surface area contributed by atoms with Crippen molar-refractivity contribution in [3.8, 4) is 0 Å². The summed E-state index contributed by atoms with van der Waals surface area (Å²) in [5.41, 5.74) is 1.12. The number of carbonyl (C=O) groups is 2. The molecule has 0 atom stereocenters. The van der Waals surface area contributed by atoms with E-state index in [2.05, 4.69) is 10.6 Å². The van der Waals surface area contributed by atoms with E-state index in [0.29, 0.717) is 17.9 Å². The van der Waals surface area contributed by atoms with Crippen LogP contribution in [0.5, 0.6) is 0 Å². The van der Waals surface area contributed by atoms with Crippen molar-refractivity contribution in [3.05, 3.63) is 29.8 Å². The minimum atomic E-state index is -0.361. The molecular weight excluding hydrogens is 256 g/mol. The molecule has 1 aromatic carbocycles. The molecule has 0 bridgehead atoms. The van der Waals surface area contributed by atoms with Crippen LogP contribution in [0.4, 0.5) is 5.69 Å². The Kier molecular flexibility index (Phi) is 7.74. The highest BCUT2D eigenvalue weighted by Gasteiger charge is 2.06. The summed E-state index contributed by atoms with van der Waals surface area (Å²) in [7, 11) is 1.70. The predicted molar refractivity (Wildman–Crippen MR) is 72.2 cm³/mol. The Morgan fingerprint density at radius 2 is 1.83 bits per heavy atom. The molecule has 0 fully saturated rings. The van der Waals surface area contributed by atoms with Crippen molar-refractivity contribution < 1.29 is 14.3 Å². The third-order valence-electron chi connectivity index (χ3n) is 2.02. The van der Waals surface area contributed by atoms with Gasteiger partial charge in [-0.15, -0.1) is 12.4 Å². The molecule has 5 nitrogen and oxygen atoms in total. The van der Waals surface area contributed by atoms with E-state index < -0.39 is 0 Å². The molecule has 2 N–H and O–H groups in total. The zero-order chi connectivity index (χ0) is 12.7. The molecule has 1 rings (SSSR count). The molecule has 6 heteroatoms. The second-order valence-electron chi connectivity index (χ2n) is 3.38. The third kappa shape index (κ3) is 5.16. The van der Waals surface area contributed by atoms with Crippen LogP contribution >= 0.6 is 12.4 Å². The largest absolute Gasteiger partial charge is 0.462 e. The van der Waals surface area contributed by atoms with Crippen LogP contribution in [-0.4, -0.2) is 32.1 Å². The average molecular weight is 273 g/mol. The normalized spacial score (nSPS) is 9.22. The number of ether oxygens (including phenoxy) is 1. The minimum absolute atomic E-state index is 0. The number of amides is 1. The van der Waals surface area contributed by atoms with Gasteiger partial charge in [-0.2, -0.15) is 0 Å². The fourth-order valence-electron chi connectivity index (χ4n) is 1.27. The molecule has 0 aliphatic heterocycles. The summed E-state index contributed by atoms with van der Waals surface area (Å²) in [5.74, 6) is -0.489. The zero-order valence-electron chi connectivity index (χ0n) is 10.4. The standard InChI is InChI=1S/C12H16N2O3.ClH/c1-3-17-12(16)9-4-6-10(7-5-9)14-11(15)8-13-2;/h4-7,13H,3,8H2,1-2H3,(H,14,15);1H. The summed E-state index contributed by atoms with van der Waals surface area (Å²) in [6.45, 7) is 2.35. The van der Waals surface area contributed by atoms with E-state index in [9.17, 15) is 9.59 Å². The molecule has 0 radical (unpaired) electrons. The highest BCUT2D eigenvalue weighted by atomic mass is 35.5. The molecule has 0 aliphatic rings. The number of hydrogen-bond acceptors (Lipinski definition) is 4. The Hall–Kier alpha value is -1.59. The van der Waals surface area contributed by atoms with Crippen molar-refractivity contribution in [1.82, 2.24) is 5.32 Å². The fourth-order valence-corrected chi connectivity index (χ4v) is 1.27. The molecule has 0 aromatic heterocycles. The number of halogens is 1. The number of likely N-dealkylation sites (N-methyl/N-ethyl adjacent to an activating group) is 1. The van der Waals surface area contributed by atoms with Gasteiger partial charge in [-0.25, -0.2) is 4.79 Å². The smallest absolute Gasteiger partial charge is 0.338 e. The fraction of sp³-hybridized carbons (Fsp3) is 0.333. The topological polar surface area (TPSA) is 67.4 Å². The van der Waals surface area contributed by atoms with Crippen LogP contribution < -0.4 is 10.6 Å². The second kappa shape index (κ2) is 8.49. The van der Waals surface area contributed by atoms with Gasteiger partial charge in [0.15, 0.2) is 0 Å². The lowest BCUT2D eigenvalue weighted by atomic mass is 10.2. The van der Waals surface area contributed by atoms with Crippen LogP contribution in [0.3, 0.4) is 0 Å². The van der Waals surface area contributed by atoms with Crippen LogP contribution in [0.2, 0.25) is 0 Å². The molecular formula is C12H17ClN2O3. The average Bonchev–Trinajstić information content (AvgIpc) is 2.30. The molecule has 1 amide bonds. The molecule has 18 heavy (non-hydrogen) atoms. The van der Waals surface area contributed by atoms with E-state index in [1.54, 1.807) is 38.2 Å². The molecule has 0 heterocycles. The molecule has 0 aliphatic carbocycles. The van der Waals surface area contributed by atoms with Gasteiger partial charge in [-0.3, -0.25) is 4.79 Å². The molecule has 100 valence electrons. The van der Waals surface area contributed by atoms with Gasteiger partial charge in [0.25, 0.3) is 0 Å². The number of carbonyl (C=O) groups excluding carboxylic acids is 2. The summed E-state index contributed by atoms with van der Waals surface area (Å²) in [5, 5.41) is 5.44. The maximum Gasteiger partial charge on any atom is 0.338 e. The van der Waals surface area contributed by atoms with Crippen LogP contribution in [-0.2, 0) is 9.53 Å². The van der Waals surface area contributed by atoms with Crippen molar-refractivity contribution in [2.45, 2.75) is 6.92 Å². The van der Waals surface area contributed by atoms with Crippen molar-refractivity contribution in [2.75, 3.05) is 25.5 Å². The van der Waals surface area contributed by atoms with Crippen molar-refractivity contribution in [1.29, 1.82) is 0 Å². The molecule has 0 spiro atoms. The Balaban J connectivity index is 0.00000289. The number of anilines is 1. The van der Waals surface area contributed by atoms with E-state index in [0.717, 1.165) is 0 Å². The third-order valence-corrected chi connectivity index (χ3v) is 2.02. The van der Waals surface area contributed by atoms with E-state index in [-0.39, 0.29) is 30.8 Å². The van der Waals surface area contributed by atoms with E-state index in [1.807, 2.05) is 0 Å². The quantitative estimate of drug-likeness (QED) is 0.796. The second-order valence-corrected chi connectivity index (χ2v) is 3.38. The van der Waals surface area contributed by atoms with Crippen LogP contribution in [0.1, 0.15) is 17.3 Å². The first-order valence-corrected chi connectivity index (χ1v) is 5.39. The number of rotatable bonds is 5. The van der Waals surface area contributed by atoms with Gasteiger partial charge in [0.05, 0.1) is 18.7 Å². The van der Waals surface area contributed by atoms with Gasteiger partial charge in [0.2, 0.25) is 5.91 Å². The number of esters is 1. The van der Waals surface area contributed by atoms with Crippen molar-refractivity contribution >= 4 is 30.0 Å². The SMILES string of the molecule is CCOC(=O)c1ccc(NC(=O)CNC)cc1.Cl. The maximum atomic E-state index is 11.4. The van der Waals surface area contributed by atoms with Gasteiger partial charge in [0, 0.05) is 5.69 Å². The lowest BCUT2D eigenvalue weighted by Gasteiger charge is -2.06. The first-order valence-electron chi connectivity index (χ1n) is 5.39. The number of benzene rings is 1. The number of nitrogens with one attached hydrogen (secondary N) is 2. The predicted octanol–water partition coefficient (Wildman–Crippen LogP) is 1.44. The maximum absolute atomic E-state index is 11.4. The zero-order valence-corrected chi connectivity index (χ0v) is 11.2. The van der Waals surface area contributed by atoms with E-state index in [4.69, 9.17) is 4.74 Å². The summed E-state index contributed by atoms with van der Waals surface area (Å²) >= 11 is 0. The lowest BCUT2D eigenvalue weighted by Crippen LogP contribution is -2.25. The van der Waals surface area contributed by atoms with E-state index >= 15 is 0 Å².